The number of hydrogen-bond donors (Lipinski definition) is 2. The smallest absolute Gasteiger partial charge is 0.410 e. The van der Waals surface area contributed by atoms with E-state index in [9.17, 15) is 9.59 Å². The number of carbonyl (C=O) groups is 2. The minimum Gasteiger partial charge on any atom is -0.445 e. The molecule has 2 fully saturated rings. The van der Waals surface area contributed by atoms with Crippen LogP contribution in [0.25, 0.3) is 11.1 Å². The van der Waals surface area contributed by atoms with Gasteiger partial charge in [0.2, 0.25) is 0 Å². The van der Waals surface area contributed by atoms with E-state index >= 15 is 0 Å². The van der Waals surface area contributed by atoms with Crippen LogP contribution in [0.4, 0.5) is 10.6 Å². The van der Waals surface area contributed by atoms with Crippen molar-refractivity contribution in [2.45, 2.75) is 38.0 Å². The lowest BCUT2D eigenvalue weighted by Gasteiger charge is -2.33. The van der Waals surface area contributed by atoms with E-state index < -0.39 is 0 Å². The molecule has 37 heavy (non-hydrogen) atoms. The van der Waals surface area contributed by atoms with Gasteiger partial charge in [-0.3, -0.25) is 14.4 Å². The Kier molecular flexibility index (Phi) is 7.36. The topological polar surface area (TPSA) is 119 Å². The number of nitrogens with one attached hydrogen (secondary N) is 1. The van der Waals surface area contributed by atoms with Gasteiger partial charge in [0.25, 0.3) is 5.91 Å². The van der Waals surface area contributed by atoms with E-state index in [-0.39, 0.29) is 30.0 Å². The molecule has 10 nitrogen and oxygen atoms in total. The van der Waals surface area contributed by atoms with Gasteiger partial charge in [-0.05, 0) is 37.4 Å². The second kappa shape index (κ2) is 11.0. The molecule has 5 rings (SSSR count). The maximum Gasteiger partial charge on any atom is 0.410 e. The summed E-state index contributed by atoms with van der Waals surface area (Å²) in [5.74, 6) is -0.142. The highest BCUT2D eigenvalue weighted by Crippen LogP contribution is 2.23. The number of nitrogens with two attached hydrogens (primary N) is 1. The van der Waals surface area contributed by atoms with Gasteiger partial charge in [-0.25, -0.2) is 9.78 Å². The highest BCUT2D eigenvalue weighted by Gasteiger charge is 2.31. The van der Waals surface area contributed by atoms with E-state index in [1.807, 2.05) is 31.4 Å². The minimum absolute atomic E-state index is 0.125. The van der Waals surface area contributed by atoms with Crippen molar-refractivity contribution in [2.75, 3.05) is 31.9 Å². The lowest BCUT2D eigenvalue weighted by Crippen LogP contribution is -2.43. The Morgan fingerprint density at radius 2 is 1.95 bits per heavy atom. The Bertz CT molecular complexity index is 1250. The first-order valence-electron chi connectivity index (χ1n) is 12.7. The molecule has 0 bridgehead atoms. The van der Waals surface area contributed by atoms with E-state index in [0.717, 1.165) is 43.6 Å². The van der Waals surface area contributed by atoms with Gasteiger partial charge >= 0.3 is 6.09 Å². The normalized spacial score (nSPS) is 20.1. The SMILES string of the molecule is Cn1cc(-c2cnc(N)c(C(=O)N[C@@H]3CCN(C(=O)OC4CCCN(Cc5ccccc5)C4)C3)c2)cn1. The molecule has 194 valence electrons. The second-order valence-electron chi connectivity index (χ2n) is 9.83. The molecule has 4 heterocycles. The molecule has 0 saturated carbocycles. The van der Waals surface area contributed by atoms with Gasteiger partial charge in [0, 0.05) is 62.8 Å². The summed E-state index contributed by atoms with van der Waals surface area (Å²) in [5, 5.41) is 7.17. The summed E-state index contributed by atoms with van der Waals surface area (Å²) in [6.45, 7) is 3.52. The van der Waals surface area contributed by atoms with Crippen LogP contribution in [0.15, 0.2) is 55.0 Å². The number of ether oxygens (including phenoxy) is 1. The zero-order chi connectivity index (χ0) is 25.8. The molecule has 2 amide bonds. The van der Waals surface area contributed by atoms with Gasteiger partial charge in [0.15, 0.2) is 0 Å². The highest BCUT2D eigenvalue weighted by molar-refractivity contribution is 5.99. The largest absolute Gasteiger partial charge is 0.445 e. The van der Waals surface area contributed by atoms with Crippen LogP contribution < -0.4 is 11.1 Å². The molecule has 3 aromatic rings. The maximum absolute atomic E-state index is 13.0. The first-order valence-corrected chi connectivity index (χ1v) is 12.7. The van der Waals surface area contributed by atoms with E-state index in [4.69, 9.17) is 10.5 Å². The van der Waals surface area contributed by atoms with Crippen molar-refractivity contribution < 1.29 is 14.3 Å². The third-order valence-corrected chi connectivity index (χ3v) is 6.96. The molecule has 2 aliphatic rings. The Morgan fingerprint density at radius 3 is 2.73 bits per heavy atom. The number of aromatic nitrogens is 3. The van der Waals surface area contributed by atoms with Gasteiger partial charge in [0.05, 0.1) is 11.8 Å². The van der Waals surface area contributed by atoms with Gasteiger partial charge in [-0.1, -0.05) is 30.3 Å². The number of aryl methyl sites for hydroxylation is 1. The number of pyridine rings is 1. The van der Waals surface area contributed by atoms with Crippen molar-refractivity contribution in [1.29, 1.82) is 0 Å². The molecule has 10 heteroatoms. The Morgan fingerprint density at radius 1 is 1.11 bits per heavy atom. The van der Waals surface area contributed by atoms with Gasteiger partial charge < -0.3 is 20.7 Å². The van der Waals surface area contributed by atoms with Crippen LogP contribution in [0.2, 0.25) is 0 Å². The average molecular weight is 504 g/mol. The number of nitrogens with zero attached hydrogens (tertiary/aromatic N) is 5. The monoisotopic (exact) mass is 503 g/mol. The molecular formula is C27H33N7O3. The minimum atomic E-state index is -0.317. The molecule has 2 aromatic heterocycles. The van der Waals surface area contributed by atoms with Gasteiger partial charge in [-0.15, -0.1) is 0 Å². The summed E-state index contributed by atoms with van der Waals surface area (Å²) < 4.78 is 7.55. The van der Waals surface area contributed by atoms with Crippen molar-refractivity contribution >= 4 is 17.8 Å². The summed E-state index contributed by atoms with van der Waals surface area (Å²) in [5.41, 5.74) is 9.19. The van der Waals surface area contributed by atoms with Gasteiger partial charge in [0.1, 0.15) is 11.9 Å². The molecule has 1 aromatic carbocycles. The van der Waals surface area contributed by atoms with Crippen molar-refractivity contribution in [3.05, 3.63) is 66.1 Å². The number of rotatable bonds is 6. The molecule has 2 aliphatic heterocycles. The van der Waals surface area contributed by atoms with Crippen LogP contribution >= 0.6 is 0 Å². The van der Waals surface area contributed by atoms with Crippen molar-refractivity contribution in [3.8, 4) is 11.1 Å². The number of benzene rings is 1. The van der Waals surface area contributed by atoms with Crippen LogP contribution in [0.5, 0.6) is 0 Å². The Hall–Kier alpha value is -3.92. The fourth-order valence-corrected chi connectivity index (χ4v) is 5.00. The summed E-state index contributed by atoms with van der Waals surface area (Å²) in [6.07, 6.45) is 7.26. The fraction of sp³-hybridized carbons (Fsp3) is 0.407. The standard InChI is InChI=1S/C27H33N7O3/c1-32-16-21(14-30-32)20-12-24(25(28)29-13-20)26(35)31-22-9-11-34(17-22)27(36)37-23-8-5-10-33(18-23)15-19-6-3-2-4-7-19/h2-4,6-7,12-14,16,22-23H,5,8-11,15,17-18H2,1H3,(H2,28,29)(H,31,35)/t22-,23?/m1/s1. The number of anilines is 1. The molecular weight excluding hydrogens is 470 g/mol. The van der Waals surface area contributed by atoms with E-state index in [1.165, 1.54) is 5.56 Å². The van der Waals surface area contributed by atoms with Crippen LogP contribution in [0, 0.1) is 0 Å². The highest BCUT2D eigenvalue weighted by atomic mass is 16.6. The first-order chi connectivity index (χ1) is 17.9. The molecule has 0 spiro atoms. The molecule has 0 radical (unpaired) electrons. The number of nitrogen functional groups attached to an aromatic ring is 1. The Balaban J connectivity index is 1.13. The van der Waals surface area contributed by atoms with E-state index in [1.54, 1.807) is 28.0 Å². The van der Waals surface area contributed by atoms with E-state index in [0.29, 0.717) is 25.1 Å². The summed E-state index contributed by atoms with van der Waals surface area (Å²) in [4.78, 5) is 34.1. The number of piperidine rings is 1. The van der Waals surface area contributed by atoms with E-state index in [2.05, 4.69) is 32.4 Å². The molecule has 1 unspecified atom stereocenters. The molecule has 2 saturated heterocycles. The number of likely N-dealkylation sites (tertiary alicyclic amines) is 2. The van der Waals surface area contributed by atoms with Crippen molar-refractivity contribution in [2.24, 2.45) is 7.05 Å². The summed E-state index contributed by atoms with van der Waals surface area (Å²) in [7, 11) is 1.83. The van der Waals surface area contributed by atoms with Gasteiger partial charge in [-0.2, -0.15) is 5.10 Å². The quantitative estimate of drug-likeness (QED) is 0.531. The maximum atomic E-state index is 13.0. The fourth-order valence-electron chi connectivity index (χ4n) is 5.00. The number of hydrogen-bond acceptors (Lipinski definition) is 7. The lowest BCUT2D eigenvalue weighted by atomic mass is 10.1. The first kappa shape index (κ1) is 24.8. The number of amides is 2. The summed E-state index contributed by atoms with van der Waals surface area (Å²) in [6, 6.07) is 11.9. The van der Waals surface area contributed by atoms with Crippen LogP contribution in [0.3, 0.4) is 0 Å². The van der Waals surface area contributed by atoms with Crippen molar-refractivity contribution in [3.63, 3.8) is 0 Å². The zero-order valence-electron chi connectivity index (χ0n) is 21.0. The predicted octanol–water partition coefficient (Wildman–Crippen LogP) is 2.67. The lowest BCUT2D eigenvalue weighted by molar-refractivity contribution is 0.0227. The zero-order valence-corrected chi connectivity index (χ0v) is 21.0. The Labute approximate surface area is 216 Å². The van der Waals surface area contributed by atoms with Crippen LogP contribution in [-0.2, 0) is 18.3 Å². The second-order valence-corrected chi connectivity index (χ2v) is 9.83. The van der Waals surface area contributed by atoms with Crippen LogP contribution in [0.1, 0.15) is 35.2 Å². The average Bonchev–Trinajstić information content (AvgIpc) is 3.54. The van der Waals surface area contributed by atoms with Crippen LogP contribution in [-0.4, -0.2) is 74.9 Å². The van der Waals surface area contributed by atoms with Crippen molar-refractivity contribution in [1.82, 2.24) is 29.9 Å². The summed E-state index contributed by atoms with van der Waals surface area (Å²) >= 11 is 0. The third-order valence-electron chi connectivity index (χ3n) is 6.96. The molecule has 3 N–H and O–H groups in total. The third kappa shape index (κ3) is 6.08. The molecule has 2 atom stereocenters. The number of carbonyl (C=O) groups excluding carboxylic acids is 2. The predicted molar refractivity (Wildman–Crippen MR) is 140 cm³/mol. The molecule has 0 aliphatic carbocycles.